The summed E-state index contributed by atoms with van der Waals surface area (Å²) in [5.41, 5.74) is 1.20. The third-order valence-corrected chi connectivity index (χ3v) is 6.82. The summed E-state index contributed by atoms with van der Waals surface area (Å²) < 4.78 is 5.80. The van der Waals surface area contributed by atoms with Crippen LogP contribution < -0.4 is 0 Å². The van der Waals surface area contributed by atoms with Gasteiger partial charge in [-0.1, -0.05) is 37.6 Å². The Labute approximate surface area is 184 Å². The van der Waals surface area contributed by atoms with Gasteiger partial charge in [0.05, 0.1) is 11.6 Å². The zero-order valence-electron chi connectivity index (χ0n) is 17.2. The average molecular weight is 446 g/mol. The van der Waals surface area contributed by atoms with E-state index in [0.717, 1.165) is 17.8 Å². The molecule has 3 aromatic rings. The summed E-state index contributed by atoms with van der Waals surface area (Å²) in [4.78, 5) is 5.66. The Morgan fingerprint density at radius 2 is 1.81 bits per heavy atom. The molecule has 2 heterocycles. The first kappa shape index (κ1) is 22.1. The molecular formula is C23H27NO6S. The predicted molar refractivity (Wildman–Crippen MR) is 117 cm³/mol. The minimum atomic E-state index is -1.47. The van der Waals surface area contributed by atoms with Gasteiger partial charge in [0.2, 0.25) is 0 Å². The highest BCUT2D eigenvalue weighted by atomic mass is 32.1. The van der Waals surface area contributed by atoms with Crippen LogP contribution >= 0.6 is 11.3 Å². The third kappa shape index (κ3) is 4.19. The van der Waals surface area contributed by atoms with Crippen LogP contribution in [0, 0.1) is 0 Å². The number of hydrogen-bond donors (Lipinski definition) is 5. The summed E-state index contributed by atoms with van der Waals surface area (Å²) in [7, 11) is 0. The van der Waals surface area contributed by atoms with Gasteiger partial charge in [0.25, 0.3) is 0 Å². The van der Waals surface area contributed by atoms with Gasteiger partial charge in [0.15, 0.2) is 0 Å². The molecule has 5 N–H and O–H groups in total. The molecule has 0 radical (unpaired) electrons. The van der Waals surface area contributed by atoms with Crippen LogP contribution in [0.2, 0.25) is 0 Å². The summed E-state index contributed by atoms with van der Waals surface area (Å²) >= 11 is 1.60. The van der Waals surface area contributed by atoms with Crippen molar-refractivity contribution in [3.63, 3.8) is 0 Å². The van der Waals surface area contributed by atoms with Gasteiger partial charge in [-0.05, 0) is 23.4 Å². The molecule has 1 fully saturated rings. The van der Waals surface area contributed by atoms with E-state index >= 15 is 0 Å². The van der Waals surface area contributed by atoms with Crippen LogP contribution in [-0.2, 0) is 17.6 Å². The molecule has 0 bridgehead atoms. The zero-order valence-corrected chi connectivity index (χ0v) is 18.0. The topological polar surface area (TPSA) is 123 Å². The molecule has 1 aromatic heterocycles. The van der Waals surface area contributed by atoms with Crippen molar-refractivity contribution >= 4 is 22.1 Å². The van der Waals surface area contributed by atoms with Gasteiger partial charge in [-0.15, -0.1) is 11.3 Å². The molecule has 4 rings (SSSR count). The first-order chi connectivity index (χ1) is 14.9. The Morgan fingerprint density at radius 3 is 2.52 bits per heavy atom. The summed E-state index contributed by atoms with van der Waals surface area (Å²) in [5.74, 6) is 0.135. The minimum Gasteiger partial charge on any atom is -0.507 e. The highest BCUT2D eigenvalue weighted by Gasteiger charge is 2.44. The van der Waals surface area contributed by atoms with Gasteiger partial charge in [0.1, 0.15) is 36.3 Å². The molecule has 7 nitrogen and oxygen atoms in total. The first-order valence-electron chi connectivity index (χ1n) is 10.4. The second-order valence-electron chi connectivity index (χ2n) is 7.92. The maximum absolute atomic E-state index is 10.9. The van der Waals surface area contributed by atoms with E-state index in [9.17, 15) is 25.5 Å². The number of aromatic hydroxyl groups is 1. The minimum absolute atomic E-state index is 0.135. The summed E-state index contributed by atoms with van der Waals surface area (Å²) in [6.45, 7) is 1.62. The summed E-state index contributed by atoms with van der Waals surface area (Å²) in [6, 6.07) is 8.97. The van der Waals surface area contributed by atoms with Crippen LogP contribution in [0.1, 0.15) is 40.5 Å². The quantitative estimate of drug-likeness (QED) is 0.393. The first-order valence-corrected chi connectivity index (χ1v) is 11.2. The number of nitrogens with zero attached hydrogens (tertiary/aromatic N) is 1. The molecule has 2 aromatic carbocycles. The third-order valence-electron chi connectivity index (χ3n) is 5.77. The fraction of sp³-hybridized carbons (Fsp3) is 0.435. The van der Waals surface area contributed by atoms with E-state index in [-0.39, 0.29) is 5.75 Å². The number of thiazole rings is 1. The standard InChI is InChI=1S/C23H27NO6S/c1-2-5-13-10-24-18(31-13)9-12-8-16(14-6-3-4-7-15(14)19(12)26)23-22(29)21(28)20(27)17(11-25)30-23/h3-4,6-8,10,17,20-23,25-29H,2,5,9,11H2,1H3/t17-,20-,21+,22-,23+/m1/s1. The smallest absolute Gasteiger partial charge is 0.127 e. The van der Waals surface area contributed by atoms with Crippen LogP contribution in [0.3, 0.4) is 0 Å². The number of fused-ring (bicyclic) bond motifs is 1. The van der Waals surface area contributed by atoms with Crippen molar-refractivity contribution in [2.45, 2.75) is 56.7 Å². The van der Waals surface area contributed by atoms with Gasteiger partial charge in [-0.25, -0.2) is 4.98 Å². The molecule has 1 aliphatic heterocycles. The molecule has 0 spiro atoms. The lowest BCUT2D eigenvalue weighted by Gasteiger charge is -2.40. The van der Waals surface area contributed by atoms with Crippen molar-refractivity contribution in [1.82, 2.24) is 4.98 Å². The number of phenolic OH excluding ortho intramolecular Hbond substituents is 1. The van der Waals surface area contributed by atoms with Gasteiger partial charge in [0, 0.05) is 28.4 Å². The van der Waals surface area contributed by atoms with E-state index in [1.54, 1.807) is 29.5 Å². The number of aliphatic hydroxyl groups is 4. The fourth-order valence-corrected chi connectivity index (χ4v) is 5.18. The fourth-order valence-electron chi connectivity index (χ4n) is 4.13. The van der Waals surface area contributed by atoms with Gasteiger partial charge in [-0.3, -0.25) is 0 Å². The maximum Gasteiger partial charge on any atom is 0.127 e. The Bertz CT molecular complexity index is 1050. The van der Waals surface area contributed by atoms with Crippen molar-refractivity contribution in [2.24, 2.45) is 0 Å². The Balaban J connectivity index is 1.78. The van der Waals surface area contributed by atoms with Crippen LogP contribution in [0.25, 0.3) is 10.8 Å². The number of benzene rings is 2. The van der Waals surface area contributed by atoms with Crippen LogP contribution in [-0.4, -0.2) is 61.5 Å². The number of rotatable bonds is 6. The number of ether oxygens (including phenoxy) is 1. The van der Waals surface area contributed by atoms with Gasteiger partial charge in [-0.2, -0.15) is 0 Å². The Kier molecular flexibility index (Phi) is 6.57. The molecule has 8 heteroatoms. The zero-order chi connectivity index (χ0) is 22.1. The maximum atomic E-state index is 10.9. The lowest BCUT2D eigenvalue weighted by molar-refractivity contribution is -0.231. The molecule has 5 atom stereocenters. The Morgan fingerprint density at radius 1 is 1.06 bits per heavy atom. The van der Waals surface area contributed by atoms with E-state index in [4.69, 9.17) is 4.74 Å². The number of phenols is 1. The van der Waals surface area contributed by atoms with E-state index < -0.39 is 37.1 Å². The number of aromatic nitrogens is 1. The van der Waals surface area contributed by atoms with Crippen molar-refractivity contribution in [2.75, 3.05) is 6.61 Å². The van der Waals surface area contributed by atoms with E-state index in [2.05, 4.69) is 11.9 Å². The SMILES string of the molecule is CCCc1cnc(Cc2cc([C@@H]3O[C@H](CO)[C@@H](O)[C@H](O)[C@H]3O)c3ccccc3c2O)s1. The van der Waals surface area contributed by atoms with Crippen LogP contribution in [0.15, 0.2) is 36.5 Å². The second kappa shape index (κ2) is 9.20. The average Bonchev–Trinajstić information content (AvgIpc) is 3.22. The molecule has 1 saturated heterocycles. The highest BCUT2D eigenvalue weighted by Crippen LogP contribution is 2.41. The van der Waals surface area contributed by atoms with Gasteiger partial charge >= 0.3 is 0 Å². The second-order valence-corrected chi connectivity index (χ2v) is 9.12. The number of aliphatic hydroxyl groups excluding tert-OH is 4. The highest BCUT2D eigenvalue weighted by molar-refractivity contribution is 7.11. The van der Waals surface area contributed by atoms with Crippen LogP contribution in [0.5, 0.6) is 5.75 Å². The number of aryl methyl sites for hydroxylation is 1. The molecule has 0 saturated carbocycles. The van der Waals surface area contributed by atoms with E-state index in [1.807, 2.05) is 18.3 Å². The molecular weight excluding hydrogens is 418 g/mol. The molecule has 166 valence electrons. The van der Waals surface area contributed by atoms with E-state index in [0.29, 0.717) is 28.3 Å². The lowest BCUT2D eigenvalue weighted by Crippen LogP contribution is -2.55. The summed E-state index contributed by atoms with van der Waals surface area (Å²) in [5, 5.41) is 53.7. The van der Waals surface area contributed by atoms with Gasteiger partial charge < -0.3 is 30.3 Å². The van der Waals surface area contributed by atoms with Crippen molar-refractivity contribution in [1.29, 1.82) is 0 Å². The normalized spacial score (nSPS) is 26.4. The van der Waals surface area contributed by atoms with E-state index in [1.165, 1.54) is 4.88 Å². The predicted octanol–water partition coefficient (Wildman–Crippen LogP) is 2.06. The van der Waals surface area contributed by atoms with Crippen molar-refractivity contribution in [3.8, 4) is 5.75 Å². The largest absolute Gasteiger partial charge is 0.507 e. The van der Waals surface area contributed by atoms with Crippen LogP contribution in [0.4, 0.5) is 0 Å². The lowest BCUT2D eigenvalue weighted by atomic mass is 9.87. The molecule has 0 aliphatic carbocycles. The monoisotopic (exact) mass is 445 g/mol. The van der Waals surface area contributed by atoms with Crippen molar-refractivity contribution in [3.05, 3.63) is 57.5 Å². The molecule has 1 aliphatic rings. The number of hydrogen-bond acceptors (Lipinski definition) is 8. The Hall–Kier alpha value is -2.07. The summed E-state index contributed by atoms with van der Waals surface area (Å²) in [6.07, 6.45) is -2.01. The molecule has 0 unspecified atom stereocenters. The molecule has 31 heavy (non-hydrogen) atoms. The van der Waals surface area contributed by atoms with Crippen molar-refractivity contribution < 1.29 is 30.3 Å². The molecule has 0 amide bonds.